The number of hydrogen-bond donors (Lipinski definition) is 2. The standard InChI is InChI=1S/C7H14N5O3P/c1-3-14-16(13,15-4-2)7-11-5(8)10-6(9)12-7/h3-4H2,1-2H3,(H4,8,9,10,11,12). The van der Waals surface area contributed by atoms with Crippen LogP contribution < -0.4 is 17.0 Å². The first-order valence-corrected chi connectivity index (χ1v) is 6.22. The molecule has 0 spiro atoms. The lowest BCUT2D eigenvalue weighted by Crippen LogP contribution is -2.22. The predicted molar refractivity (Wildman–Crippen MR) is 59.1 cm³/mol. The van der Waals surface area contributed by atoms with E-state index in [1.807, 2.05) is 0 Å². The van der Waals surface area contributed by atoms with Crippen molar-refractivity contribution in [2.45, 2.75) is 13.8 Å². The Balaban J connectivity index is 3.15. The molecule has 0 aliphatic carbocycles. The van der Waals surface area contributed by atoms with Crippen LogP contribution in [0, 0.1) is 0 Å². The molecular weight excluding hydrogens is 233 g/mol. The minimum Gasteiger partial charge on any atom is -0.368 e. The van der Waals surface area contributed by atoms with E-state index in [0.29, 0.717) is 0 Å². The highest BCUT2D eigenvalue weighted by molar-refractivity contribution is 7.61. The zero-order valence-corrected chi connectivity index (χ0v) is 9.98. The zero-order valence-electron chi connectivity index (χ0n) is 9.08. The van der Waals surface area contributed by atoms with Gasteiger partial charge in [0.1, 0.15) is 0 Å². The summed E-state index contributed by atoms with van der Waals surface area (Å²) in [6.45, 7) is 3.75. The second-order valence-corrected chi connectivity index (χ2v) is 4.60. The van der Waals surface area contributed by atoms with Gasteiger partial charge in [0.15, 0.2) is 0 Å². The molecule has 0 radical (unpaired) electrons. The Hall–Kier alpha value is -1.24. The highest BCUT2D eigenvalue weighted by Gasteiger charge is 2.31. The van der Waals surface area contributed by atoms with E-state index >= 15 is 0 Å². The SMILES string of the molecule is CCOP(=O)(OCC)c1nc(N)nc(N)n1. The molecule has 1 rings (SSSR count). The summed E-state index contributed by atoms with van der Waals surface area (Å²) in [6, 6.07) is 0. The second kappa shape index (κ2) is 5.20. The van der Waals surface area contributed by atoms with Crippen LogP contribution in [0.3, 0.4) is 0 Å². The molecule has 0 saturated carbocycles. The lowest BCUT2D eigenvalue weighted by Gasteiger charge is -2.15. The van der Waals surface area contributed by atoms with Gasteiger partial charge in [-0.25, -0.2) is 0 Å². The van der Waals surface area contributed by atoms with Crippen molar-refractivity contribution in [3.05, 3.63) is 0 Å². The topological polar surface area (TPSA) is 126 Å². The van der Waals surface area contributed by atoms with E-state index in [1.165, 1.54) is 0 Å². The minimum absolute atomic E-state index is 0.123. The molecule has 0 unspecified atom stereocenters. The van der Waals surface area contributed by atoms with E-state index in [1.54, 1.807) is 13.8 Å². The molecule has 0 aliphatic heterocycles. The summed E-state index contributed by atoms with van der Waals surface area (Å²) >= 11 is 0. The molecule has 9 heteroatoms. The van der Waals surface area contributed by atoms with Gasteiger partial charge < -0.3 is 20.5 Å². The van der Waals surface area contributed by atoms with Crippen molar-refractivity contribution in [1.82, 2.24) is 15.0 Å². The Morgan fingerprint density at radius 3 is 1.88 bits per heavy atom. The van der Waals surface area contributed by atoms with Gasteiger partial charge >= 0.3 is 7.60 Å². The molecule has 8 nitrogen and oxygen atoms in total. The van der Waals surface area contributed by atoms with Crippen LogP contribution in [-0.4, -0.2) is 28.2 Å². The fraction of sp³-hybridized carbons (Fsp3) is 0.571. The molecule has 1 aromatic heterocycles. The van der Waals surface area contributed by atoms with E-state index in [-0.39, 0.29) is 30.7 Å². The molecule has 0 bridgehead atoms. The Morgan fingerprint density at radius 1 is 1.06 bits per heavy atom. The molecule has 0 aliphatic rings. The summed E-state index contributed by atoms with van der Waals surface area (Å²) in [4.78, 5) is 11.0. The molecule has 0 atom stereocenters. The van der Waals surface area contributed by atoms with Crippen molar-refractivity contribution in [3.8, 4) is 0 Å². The number of nitrogens with zero attached hydrogens (tertiary/aromatic N) is 3. The predicted octanol–water partition coefficient (Wildman–Crippen LogP) is -0.0726. The van der Waals surface area contributed by atoms with Crippen molar-refractivity contribution in [1.29, 1.82) is 0 Å². The number of nitrogens with two attached hydrogens (primary N) is 2. The first-order chi connectivity index (χ1) is 7.51. The molecule has 4 N–H and O–H groups in total. The number of nitrogen functional groups attached to an aromatic ring is 2. The summed E-state index contributed by atoms with van der Waals surface area (Å²) < 4.78 is 22.3. The number of hydrogen-bond acceptors (Lipinski definition) is 8. The van der Waals surface area contributed by atoms with Crippen molar-refractivity contribution in [2.75, 3.05) is 24.7 Å². The summed E-state index contributed by atoms with van der Waals surface area (Å²) in [6.07, 6.45) is 0. The van der Waals surface area contributed by atoms with Gasteiger partial charge in [0.25, 0.3) is 0 Å². The summed E-state index contributed by atoms with van der Waals surface area (Å²) in [5.41, 5.74) is 10.6. The van der Waals surface area contributed by atoms with Gasteiger partial charge in [-0.1, -0.05) is 0 Å². The van der Waals surface area contributed by atoms with E-state index in [0.717, 1.165) is 0 Å². The fourth-order valence-electron chi connectivity index (χ4n) is 1.01. The van der Waals surface area contributed by atoms with Crippen LogP contribution >= 0.6 is 7.60 Å². The van der Waals surface area contributed by atoms with Gasteiger partial charge in [0.05, 0.1) is 13.2 Å². The van der Waals surface area contributed by atoms with Crippen LogP contribution in [0.5, 0.6) is 0 Å². The van der Waals surface area contributed by atoms with Crippen LogP contribution in [0.1, 0.15) is 13.8 Å². The lowest BCUT2D eigenvalue weighted by molar-refractivity contribution is 0.228. The first kappa shape index (κ1) is 12.8. The molecule has 90 valence electrons. The highest BCUT2D eigenvalue weighted by atomic mass is 31.2. The Morgan fingerprint density at radius 2 is 1.50 bits per heavy atom. The normalized spacial score (nSPS) is 11.6. The third-order valence-electron chi connectivity index (χ3n) is 1.50. The molecule has 0 amide bonds. The Bertz CT molecular complexity index is 383. The Kier molecular flexibility index (Phi) is 4.17. The number of rotatable bonds is 5. The minimum atomic E-state index is -3.55. The molecule has 0 aromatic carbocycles. The Labute approximate surface area is 92.9 Å². The van der Waals surface area contributed by atoms with E-state index in [4.69, 9.17) is 20.5 Å². The van der Waals surface area contributed by atoms with Crippen LogP contribution in [0.2, 0.25) is 0 Å². The average Bonchev–Trinajstić information content (AvgIpc) is 2.16. The van der Waals surface area contributed by atoms with Gasteiger partial charge in [-0.2, -0.15) is 15.0 Å². The van der Waals surface area contributed by atoms with Crippen molar-refractivity contribution >= 4 is 25.1 Å². The fourth-order valence-corrected chi connectivity index (χ4v) is 2.45. The van der Waals surface area contributed by atoms with Crippen LogP contribution in [0.4, 0.5) is 11.9 Å². The average molecular weight is 247 g/mol. The first-order valence-electron chi connectivity index (χ1n) is 4.68. The summed E-state index contributed by atoms with van der Waals surface area (Å²) in [7, 11) is -3.55. The van der Waals surface area contributed by atoms with E-state index in [9.17, 15) is 4.57 Å². The molecule has 0 saturated heterocycles. The maximum Gasteiger partial charge on any atom is 0.398 e. The number of anilines is 2. The smallest absolute Gasteiger partial charge is 0.368 e. The van der Waals surface area contributed by atoms with Crippen LogP contribution in [0.25, 0.3) is 0 Å². The van der Waals surface area contributed by atoms with Crippen LogP contribution in [0.15, 0.2) is 0 Å². The highest BCUT2D eigenvalue weighted by Crippen LogP contribution is 2.45. The monoisotopic (exact) mass is 247 g/mol. The van der Waals surface area contributed by atoms with Crippen LogP contribution in [-0.2, 0) is 13.6 Å². The summed E-state index contributed by atoms with van der Waals surface area (Å²) in [5.74, 6) is -0.246. The zero-order chi connectivity index (χ0) is 12.2. The summed E-state index contributed by atoms with van der Waals surface area (Å²) in [5, 5.41) is 0. The lowest BCUT2D eigenvalue weighted by atomic mass is 10.9. The van der Waals surface area contributed by atoms with Gasteiger partial charge in [-0.15, -0.1) is 0 Å². The maximum absolute atomic E-state index is 12.2. The van der Waals surface area contributed by atoms with Crippen molar-refractivity contribution in [3.63, 3.8) is 0 Å². The quantitative estimate of drug-likeness (QED) is 0.692. The van der Waals surface area contributed by atoms with E-state index in [2.05, 4.69) is 15.0 Å². The van der Waals surface area contributed by atoms with Gasteiger partial charge in [-0.3, -0.25) is 4.57 Å². The maximum atomic E-state index is 12.2. The molecule has 1 heterocycles. The largest absolute Gasteiger partial charge is 0.398 e. The van der Waals surface area contributed by atoms with Gasteiger partial charge in [0.2, 0.25) is 17.5 Å². The molecular formula is C7H14N5O3P. The third kappa shape index (κ3) is 2.88. The number of aromatic nitrogens is 3. The molecule has 0 fully saturated rings. The molecule has 1 aromatic rings. The van der Waals surface area contributed by atoms with Crippen molar-refractivity contribution < 1.29 is 13.6 Å². The van der Waals surface area contributed by atoms with Gasteiger partial charge in [0, 0.05) is 0 Å². The van der Waals surface area contributed by atoms with Crippen molar-refractivity contribution in [2.24, 2.45) is 0 Å². The van der Waals surface area contributed by atoms with E-state index < -0.39 is 7.60 Å². The molecule has 16 heavy (non-hydrogen) atoms. The second-order valence-electron chi connectivity index (χ2n) is 2.68. The van der Waals surface area contributed by atoms with Gasteiger partial charge in [-0.05, 0) is 13.8 Å². The third-order valence-corrected chi connectivity index (χ3v) is 3.39.